The molecule has 0 saturated heterocycles. The van der Waals surface area contributed by atoms with Crippen molar-refractivity contribution in [1.29, 1.82) is 0 Å². The number of hydrogen-bond donors (Lipinski definition) is 2. The largest absolute Gasteiger partial charge is 0.385 e. The Balaban J connectivity index is 1.99. The number of carbonyl (C=O) groups is 1. The summed E-state index contributed by atoms with van der Waals surface area (Å²) < 4.78 is 0. The zero-order chi connectivity index (χ0) is 14.4. The molecule has 1 aromatic carbocycles. The number of unbranched alkanes of at least 4 members (excludes halogenated alkanes) is 1. The maximum absolute atomic E-state index is 12.3. The molecule has 0 saturated carbocycles. The summed E-state index contributed by atoms with van der Waals surface area (Å²) in [6, 6.07) is 6.20. The highest BCUT2D eigenvalue weighted by atomic mass is 16.1. The summed E-state index contributed by atoms with van der Waals surface area (Å²) in [4.78, 5) is 12.3. The second kappa shape index (κ2) is 7.32. The molecule has 1 unspecified atom stereocenters. The molecular formula is C17H26N2O. The van der Waals surface area contributed by atoms with Crippen molar-refractivity contribution in [3.8, 4) is 0 Å². The molecule has 0 bridgehead atoms. The van der Waals surface area contributed by atoms with Gasteiger partial charge in [0.05, 0.1) is 0 Å². The first-order valence-electron chi connectivity index (χ1n) is 7.92. The minimum atomic E-state index is 0.143. The predicted octanol–water partition coefficient (Wildman–Crippen LogP) is 4.20. The van der Waals surface area contributed by atoms with E-state index in [1.54, 1.807) is 0 Å². The average molecular weight is 274 g/mol. The van der Waals surface area contributed by atoms with Crippen LogP contribution in [-0.4, -0.2) is 12.5 Å². The minimum Gasteiger partial charge on any atom is -0.385 e. The lowest BCUT2D eigenvalue weighted by atomic mass is 9.98. The van der Waals surface area contributed by atoms with Gasteiger partial charge in [0.1, 0.15) is 0 Å². The van der Waals surface area contributed by atoms with Crippen molar-refractivity contribution in [3.63, 3.8) is 0 Å². The standard InChI is InChI=1S/C17H26N2O/c1-3-5-7-13(4-2)17(20)19-15-9-10-16-14(12-15)8-6-11-18-16/h9-10,12-13,18H,3-8,11H2,1-2H3,(H,19,20). The van der Waals surface area contributed by atoms with Gasteiger partial charge in [0.2, 0.25) is 5.91 Å². The average Bonchev–Trinajstić information content (AvgIpc) is 2.48. The minimum absolute atomic E-state index is 0.143. The third-order valence-electron chi connectivity index (χ3n) is 4.08. The number of carbonyl (C=O) groups excluding carboxylic acids is 1. The first-order valence-corrected chi connectivity index (χ1v) is 7.92. The molecule has 1 amide bonds. The number of anilines is 2. The zero-order valence-corrected chi connectivity index (χ0v) is 12.7. The Labute approximate surface area is 122 Å². The maximum atomic E-state index is 12.3. The Morgan fingerprint density at radius 1 is 1.40 bits per heavy atom. The Kier molecular flexibility index (Phi) is 5.45. The van der Waals surface area contributed by atoms with E-state index in [0.717, 1.165) is 44.3 Å². The Morgan fingerprint density at radius 3 is 3.00 bits per heavy atom. The molecule has 3 heteroatoms. The van der Waals surface area contributed by atoms with Gasteiger partial charge in [-0.3, -0.25) is 4.79 Å². The van der Waals surface area contributed by atoms with E-state index >= 15 is 0 Å². The summed E-state index contributed by atoms with van der Waals surface area (Å²) in [6.07, 6.45) is 6.44. The molecule has 0 spiro atoms. The summed E-state index contributed by atoms with van der Waals surface area (Å²) in [5.74, 6) is 0.314. The van der Waals surface area contributed by atoms with Crippen LogP contribution in [0.5, 0.6) is 0 Å². The molecule has 3 nitrogen and oxygen atoms in total. The van der Waals surface area contributed by atoms with E-state index in [2.05, 4.69) is 36.6 Å². The van der Waals surface area contributed by atoms with E-state index in [4.69, 9.17) is 0 Å². The normalized spacial score (nSPS) is 15.1. The van der Waals surface area contributed by atoms with Gasteiger partial charge in [-0.05, 0) is 49.4 Å². The highest BCUT2D eigenvalue weighted by molar-refractivity contribution is 5.92. The molecule has 20 heavy (non-hydrogen) atoms. The van der Waals surface area contributed by atoms with Gasteiger partial charge < -0.3 is 10.6 Å². The molecule has 1 aromatic rings. The summed E-state index contributed by atoms with van der Waals surface area (Å²) in [5, 5.41) is 6.48. The molecule has 0 fully saturated rings. The van der Waals surface area contributed by atoms with E-state index in [-0.39, 0.29) is 11.8 Å². The van der Waals surface area contributed by atoms with Crippen LogP contribution in [0.25, 0.3) is 0 Å². The quantitative estimate of drug-likeness (QED) is 0.816. The molecule has 0 radical (unpaired) electrons. The summed E-state index contributed by atoms with van der Waals surface area (Å²) in [7, 11) is 0. The Bertz CT molecular complexity index is 456. The van der Waals surface area contributed by atoms with Crippen molar-refractivity contribution >= 4 is 17.3 Å². The van der Waals surface area contributed by atoms with Crippen LogP contribution in [0.4, 0.5) is 11.4 Å². The first kappa shape index (κ1) is 14.9. The molecule has 110 valence electrons. The summed E-state index contributed by atoms with van der Waals surface area (Å²) >= 11 is 0. The van der Waals surface area contributed by atoms with Gasteiger partial charge in [0.25, 0.3) is 0 Å². The molecular weight excluding hydrogens is 248 g/mol. The third kappa shape index (κ3) is 3.75. The number of aryl methyl sites for hydroxylation is 1. The van der Waals surface area contributed by atoms with Crippen LogP contribution in [0.1, 0.15) is 51.5 Å². The van der Waals surface area contributed by atoms with Crippen molar-refractivity contribution in [3.05, 3.63) is 23.8 Å². The van der Waals surface area contributed by atoms with Gasteiger partial charge in [-0.2, -0.15) is 0 Å². The molecule has 2 N–H and O–H groups in total. The molecule has 2 rings (SSSR count). The first-order chi connectivity index (χ1) is 9.74. The molecule has 1 atom stereocenters. The zero-order valence-electron chi connectivity index (χ0n) is 12.7. The van der Waals surface area contributed by atoms with Crippen molar-refractivity contribution in [2.24, 2.45) is 5.92 Å². The molecule has 0 aromatic heterocycles. The number of fused-ring (bicyclic) bond motifs is 1. The van der Waals surface area contributed by atoms with Crippen LogP contribution in [-0.2, 0) is 11.2 Å². The van der Waals surface area contributed by atoms with Crippen molar-refractivity contribution < 1.29 is 4.79 Å². The number of rotatable bonds is 6. The fourth-order valence-electron chi connectivity index (χ4n) is 2.77. The van der Waals surface area contributed by atoms with Crippen LogP contribution >= 0.6 is 0 Å². The topological polar surface area (TPSA) is 41.1 Å². The van der Waals surface area contributed by atoms with Crippen molar-refractivity contribution in [2.75, 3.05) is 17.2 Å². The van der Waals surface area contributed by atoms with E-state index in [9.17, 15) is 4.79 Å². The fourth-order valence-corrected chi connectivity index (χ4v) is 2.77. The van der Waals surface area contributed by atoms with Gasteiger partial charge in [0.15, 0.2) is 0 Å². The lowest BCUT2D eigenvalue weighted by Crippen LogP contribution is -2.22. The lowest BCUT2D eigenvalue weighted by Gasteiger charge is -2.20. The second-order valence-corrected chi connectivity index (χ2v) is 5.64. The van der Waals surface area contributed by atoms with Gasteiger partial charge in [0, 0.05) is 23.8 Å². The molecule has 0 aliphatic carbocycles. The van der Waals surface area contributed by atoms with Gasteiger partial charge >= 0.3 is 0 Å². The summed E-state index contributed by atoms with van der Waals surface area (Å²) in [6.45, 7) is 5.31. The van der Waals surface area contributed by atoms with Crippen LogP contribution in [0.2, 0.25) is 0 Å². The van der Waals surface area contributed by atoms with Crippen LogP contribution in [0, 0.1) is 5.92 Å². The second-order valence-electron chi connectivity index (χ2n) is 5.64. The fraction of sp³-hybridized carbons (Fsp3) is 0.588. The number of benzene rings is 1. The SMILES string of the molecule is CCCCC(CC)C(=O)Nc1ccc2c(c1)CCCN2. The highest BCUT2D eigenvalue weighted by Crippen LogP contribution is 2.25. The van der Waals surface area contributed by atoms with Crippen LogP contribution in [0.3, 0.4) is 0 Å². The van der Waals surface area contributed by atoms with Crippen molar-refractivity contribution in [1.82, 2.24) is 0 Å². The van der Waals surface area contributed by atoms with Crippen LogP contribution < -0.4 is 10.6 Å². The molecule has 1 aliphatic rings. The predicted molar refractivity (Wildman–Crippen MR) is 85.2 cm³/mol. The molecule has 1 aliphatic heterocycles. The number of nitrogens with one attached hydrogen (secondary N) is 2. The molecule has 1 heterocycles. The summed E-state index contributed by atoms with van der Waals surface area (Å²) in [5.41, 5.74) is 3.47. The van der Waals surface area contributed by atoms with E-state index in [1.807, 2.05) is 6.07 Å². The van der Waals surface area contributed by atoms with E-state index in [1.165, 1.54) is 17.7 Å². The van der Waals surface area contributed by atoms with Gasteiger partial charge in [-0.15, -0.1) is 0 Å². The van der Waals surface area contributed by atoms with Crippen molar-refractivity contribution in [2.45, 2.75) is 52.4 Å². The van der Waals surface area contributed by atoms with Gasteiger partial charge in [-0.1, -0.05) is 26.7 Å². The highest BCUT2D eigenvalue weighted by Gasteiger charge is 2.16. The van der Waals surface area contributed by atoms with Gasteiger partial charge in [-0.25, -0.2) is 0 Å². The maximum Gasteiger partial charge on any atom is 0.227 e. The number of hydrogen-bond acceptors (Lipinski definition) is 2. The smallest absolute Gasteiger partial charge is 0.227 e. The lowest BCUT2D eigenvalue weighted by molar-refractivity contribution is -0.120. The number of amides is 1. The van der Waals surface area contributed by atoms with E-state index < -0.39 is 0 Å². The Hall–Kier alpha value is -1.51. The monoisotopic (exact) mass is 274 g/mol. The third-order valence-corrected chi connectivity index (χ3v) is 4.08. The Morgan fingerprint density at radius 2 is 2.25 bits per heavy atom. The van der Waals surface area contributed by atoms with E-state index in [0.29, 0.717) is 0 Å². The van der Waals surface area contributed by atoms with Crippen LogP contribution in [0.15, 0.2) is 18.2 Å².